The summed E-state index contributed by atoms with van der Waals surface area (Å²) in [7, 11) is 3.10. The van der Waals surface area contributed by atoms with E-state index in [1.165, 1.54) is 12.0 Å². The summed E-state index contributed by atoms with van der Waals surface area (Å²) in [6.07, 6.45) is 3.43. The Labute approximate surface area is 316 Å². The molecule has 2 aromatic carbocycles. The number of hydrogen-bond donors (Lipinski definition) is 3. The fourth-order valence-electron chi connectivity index (χ4n) is 7.81. The van der Waals surface area contributed by atoms with Crippen molar-refractivity contribution in [2.75, 3.05) is 20.8 Å². The van der Waals surface area contributed by atoms with Gasteiger partial charge in [-0.3, -0.25) is 24.0 Å². The maximum Gasteiger partial charge on any atom is 0.289 e. The van der Waals surface area contributed by atoms with Gasteiger partial charge in [0, 0.05) is 37.5 Å². The highest BCUT2D eigenvalue weighted by Crippen LogP contribution is 2.48. The minimum Gasteiger partial charge on any atom is -0.496 e. The van der Waals surface area contributed by atoms with Gasteiger partial charge >= 0.3 is 0 Å². The molecule has 6 rings (SSSR count). The Hall–Kier alpha value is -4.78. The van der Waals surface area contributed by atoms with Gasteiger partial charge in [0.2, 0.25) is 23.5 Å². The number of ketones is 1. The second-order valence-electron chi connectivity index (χ2n) is 15.9. The van der Waals surface area contributed by atoms with Crippen LogP contribution < -0.4 is 20.7 Å². The molecular weight excluding hydrogens is 690 g/mol. The van der Waals surface area contributed by atoms with Gasteiger partial charge in [-0.05, 0) is 88.1 Å². The van der Waals surface area contributed by atoms with Crippen LogP contribution in [0.25, 0.3) is 0 Å². The Balaban J connectivity index is 1.27. The molecule has 0 aromatic heterocycles. The van der Waals surface area contributed by atoms with Crippen LogP contribution in [0.1, 0.15) is 93.9 Å². The SMILES string of the molecule is CCC[C@H](NC(=O)[C@@H]1C[C@]2(CC(c3cc(C)c(OC)c(C)c3)=NO2)CN1C(=O)[C@@H](NC(=O)[C@@H]1C[C@H]1c1ccccc1)C(C)(C)OC)C(=O)C(=O)NC1CC1. The van der Waals surface area contributed by atoms with Crippen LogP contribution in [0.5, 0.6) is 5.75 Å². The minimum absolute atomic E-state index is 0.0121. The van der Waals surface area contributed by atoms with E-state index in [0.29, 0.717) is 25.0 Å². The van der Waals surface area contributed by atoms with Crippen molar-refractivity contribution in [3.63, 3.8) is 0 Å². The zero-order valence-corrected chi connectivity index (χ0v) is 32.3. The van der Waals surface area contributed by atoms with Crippen molar-refractivity contribution < 1.29 is 38.3 Å². The van der Waals surface area contributed by atoms with Crippen LogP contribution in [0.4, 0.5) is 0 Å². The Bertz CT molecular complexity index is 1800. The molecule has 0 bridgehead atoms. The van der Waals surface area contributed by atoms with E-state index in [1.54, 1.807) is 21.0 Å². The number of amides is 4. The summed E-state index contributed by atoms with van der Waals surface area (Å²) in [6.45, 7) is 9.19. The van der Waals surface area contributed by atoms with Crippen molar-refractivity contribution in [1.82, 2.24) is 20.9 Å². The number of ether oxygens (including phenoxy) is 2. The fraction of sp³-hybridized carbons (Fsp3) is 0.561. The first-order valence-electron chi connectivity index (χ1n) is 19.0. The molecule has 290 valence electrons. The van der Waals surface area contributed by atoms with Crippen LogP contribution in [-0.2, 0) is 33.5 Å². The molecule has 4 aliphatic rings. The van der Waals surface area contributed by atoms with Gasteiger partial charge in [0.05, 0.1) is 31.0 Å². The Morgan fingerprint density at radius 1 is 1.02 bits per heavy atom. The number of rotatable bonds is 15. The average molecular weight is 744 g/mol. The molecular formula is C41H53N5O8. The van der Waals surface area contributed by atoms with Crippen molar-refractivity contribution >= 4 is 35.1 Å². The third-order valence-electron chi connectivity index (χ3n) is 11.3. The molecule has 2 heterocycles. The van der Waals surface area contributed by atoms with E-state index >= 15 is 0 Å². The molecule has 3 N–H and O–H groups in total. The number of oxime groups is 1. The molecule has 54 heavy (non-hydrogen) atoms. The first-order chi connectivity index (χ1) is 25.7. The highest BCUT2D eigenvalue weighted by molar-refractivity contribution is 6.38. The van der Waals surface area contributed by atoms with Gasteiger partial charge in [0.1, 0.15) is 17.8 Å². The van der Waals surface area contributed by atoms with E-state index in [2.05, 4.69) is 21.1 Å². The number of benzene rings is 2. The predicted octanol–water partition coefficient (Wildman–Crippen LogP) is 3.62. The van der Waals surface area contributed by atoms with E-state index in [-0.39, 0.29) is 43.2 Å². The number of hydrogen-bond acceptors (Lipinski definition) is 9. The Morgan fingerprint density at radius 3 is 2.31 bits per heavy atom. The minimum atomic E-state index is -1.17. The third-order valence-corrected chi connectivity index (χ3v) is 11.3. The van der Waals surface area contributed by atoms with Crippen molar-refractivity contribution in [1.29, 1.82) is 0 Å². The maximum absolute atomic E-state index is 14.8. The van der Waals surface area contributed by atoms with Crippen LogP contribution in [-0.4, -0.2) is 96.2 Å². The van der Waals surface area contributed by atoms with Gasteiger partial charge in [-0.1, -0.05) is 48.8 Å². The van der Waals surface area contributed by atoms with E-state index < -0.39 is 52.8 Å². The first kappa shape index (κ1) is 38.9. The summed E-state index contributed by atoms with van der Waals surface area (Å²) >= 11 is 0. The standard InChI is InChI=1S/C41H53N5O8/c1-8-12-30(33(47)38(50)42-27-15-16-27)43-37(49)32-21-41(20-31(45-54-41)26-17-23(2)34(52-6)24(3)18-26)22-46(32)39(51)35(40(4,5)53-7)44-36(48)29-19-28(29)25-13-10-9-11-14-25/h9-11,13-14,17-18,27-30,32,35H,8,12,15-16,19-22H2,1-7H3,(H,42,50)(H,43,49)(H,44,48)/t28-,29+,30-,32-,35+,41+/m0/s1. The molecule has 2 aromatic rings. The van der Waals surface area contributed by atoms with E-state index in [4.69, 9.17) is 14.3 Å². The normalized spacial score (nSPS) is 24.2. The zero-order chi connectivity index (χ0) is 38.9. The summed E-state index contributed by atoms with van der Waals surface area (Å²) in [6, 6.07) is 10.4. The lowest BCUT2D eigenvalue weighted by atomic mass is 9.90. The number of Topliss-reactive ketones (excluding diaryl/α,β-unsaturated/α-hetero) is 1. The lowest BCUT2D eigenvalue weighted by Gasteiger charge is -2.37. The Kier molecular flexibility index (Phi) is 11.2. The summed E-state index contributed by atoms with van der Waals surface area (Å²) in [5.41, 5.74) is 2.19. The molecule has 0 unspecified atom stereocenters. The summed E-state index contributed by atoms with van der Waals surface area (Å²) in [5.74, 6) is -2.34. The third kappa shape index (κ3) is 8.15. The molecule has 0 radical (unpaired) electrons. The number of nitrogens with one attached hydrogen (secondary N) is 3. The van der Waals surface area contributed by atoms with Crippen LogP contribution in [0, 0.1) is 19.8 Å². The molecule has 1 saturated heterocycles. The molecule has 6 atom stereocenters. The van der Waals surface area contributed by atoms with Gasteiger partial charge in [0.15, 0.2) is 5.60 Å². The fourth-order valence-corrected chi connectivity index (χ4v) is 7.81. The topological polar surface area (TPSA) is 165 Å². The molecule has 2 saturated carbocycles. The van der Waals surface area contributed by atoms with Gasteiger partial charge < -0.3 is 35.2 Å². The van der Waals surface area contributed by atoms with Crippen molar-refractivity contribution in [3.8, 4) is 5.75 Å². The first-order valence-corrected chi connectivity index (χ1v) is 19.0. The van der Waals surface area contributed by atoms with Crippen LogP contribution in [0.3, 0.4) is 0 Å². The smallest absolute Gasteiger partial charge is 0.289 e. The lowest BCUT2D eigenvalue weighted by molar-refractivity contribution is -0.149. The second kappa shape index (κ2) is 15.5. The molecule has 2 aliphatic heterocycles. The number of carbonyl (C=O) groups excluding carboxylic acids is 5. The summed E-state index contributed by atoms with van der Waals surface area (Å²) < 4.78 is 11.4. The zero-order valence-electron chi connectivity index (χ0n) is 32.3. The van der Waals surface area contributed by atoms with E-state index in [1.807, 2.05) is 63.2 Å². The quantitative estimate of drug-likeness (QED) is 0.233. The highest BCUT2D eigenvalue weighted by atomic mass is 16.7. The van der Waals surface area contributed by atoms with E-state index in [9.17, 15) is 24.0 Å². The van der Waals surface area contributed by atoms with Crippen LogP contribution in [0.2, 0.25) is 0 Å². The molecule has 4 amide bonds. The maximum atomic E-state index is 14.8. The molecule has 1 spiro atoms. The average Bonchev–Trinajstić information content (AvgIpc) is 4.07. The van der Waals surface area contributed by atoms with Crippen LogP contribution in [0.15, 0.2) is 47.6 Å². The number of carbonyl (C=O) groups is 5. The predicted molar refractivity (Wildman–Crippen MR) is 201 cm³/mol. The summed E-state index contributed by atoms with van der Waals surface area (Å²) in [5, 5.41) is 13.0. The van der Waals surface area contributed by atoms with Crippen molar-refractivity contribution in [2.24, 2.45) is 11.1 Å². The number of aryl methyl sites for hydroxylation is 2. The number of likely N-dealkylation sites (tertiary alicyclic amines) is 1. The monoisotopic (exact) mass is 743 g/mol. The van der Waals surface area contributed by atoms with Crippen molar-refractivity contribution in [2.45, 2.75) is 121 Å². The van der Waals surface area contributed by atoms with E-state index in [0.717, 1.165) is 40.8 Å². The number of methoxy groups -OCH3 is 2. The highest BCUT2D eigenvalue weighted by Gasteiger charge is 2.57. The second-order valence-corrected chi connectivity index (χ2v) is 15.9. The molecule has 2 aliphatic carbocycles. The molecule has 13 heteroatoms. The van der Waals surface area contributed by atoms with Crippen molar-refractivity contribution in [3.05, 3.63) is 64.7 Å². The molecule has 13 nitrogen and oxygen atoms in total. The van der Waals surface area contributed by atoms with Gasteiger partial charge in [0.25, 0.3) is 5.91 Å². The number of nitrogens with zero attached hydrogens (tertiary/aromatic N) is 2. The molecule has 3 fully saturated rings. The largest absolute Gasteiger partial charge is 0.496 e. The van der Waals surface area contributed by atoms with Gasteiger partial charge in [-0.15, -0.1) is 0 Å². The van der Waals surface area contributed by atoms with Gasteiger partial charge in [-0.25, -0.2) is 0 Å². The lowest BCUT2D eigenvalue weighted by Crippen LogP contribution is -2.62. The Morgan fingerprint density at radius 2 is 1.70 bits per heavy atom. The summed E-state index contributed by atoms with van der Waals surface area (Å²) in [4.78, 5) is 76.6. The van der Waals surface area contributed by atoms with Gasteiger partial charge in [-0.2, -0.15) is 0 Å². The van der Waals surface area contributed by atoms with Crippen LogP contribution >= 0.6 is 0 Å².